The van der Waals surface area contributed by atoms with Crippen LogP contribution >= 0.6 is 0 Å². The first-order chi connectivity index (χ1) is 9.72. The third-order valence-corrected chi connectivity index (χ3v) is 3.78. The Morgan fingerprint density at radius 2 is 2.25 bits per heavy atom. The number of carbonyl (C=O) groups excluding carboxylic acids is 1. The number of amides is 1. The molecule has 0 aliphatic carbocycles. The van der Waals surface area contributed by atoms with E-state index in [1.165, 1.54) is 0 Å². The molecule has 1 aromatic carbocycles. The number of hydrogen-bond acceptors (Lipinski definition) is 4. The Labute approximate surface area is 117 Å². The van der Waals surface area contributed by atoms with Gasteiger partial charge >= 0.3 is 0 Å². The van der Waals surface area contributed by atoms with Gasteiger partial charge in [0.05, 0.1) is 23.1 Å². The molecule has 5 heteroatoms. The van der Waals surface area contributed by atoms with E-state index in [1.807, 2.05) is 31.2 Å². The molecule has 1 unspecified atom stereocenters. The fourth-order valence-corrected chi connectivity index (χ4v) is 2.85. The van der Waals surface area contributed by atoms with E-state index in [-0.39, 0.29) is 11.9 Å². The van der Waals surface area contributed by atoms with E-state index in [0.29, 0.717) is 12.2 Å². The van der Waals surface area contributed by atoms with Crippen LogP contribution in [0.2, 0.25) is 0 Å². The van der Waals surface area contributed by atoms with Crippen molar-refractivity contribution in [2.75, 3.05) is 23.7 Å². The SMILES string of the molecule is CCC1C(=O)NCCN1c1c(N)cnc2ccccc12. The van der Waals surface area contributed by atoms with Crippen LogP contribution in [0, 0.1) is 0 Å². The van der Waals surface area contributed by atoms with Crippen LogP contribution in [0.1, 0.15) is 13.3 Å². The fraction of sp³-hybridized carbons (Fsp3) is 0.333. The van der Waals surface area contributed by atoms with Gasteiger partial charge in [0.1, 0.15) is 6.04 Å². The number of para-hydroxylation sites is 1. The molecule has 0 spiro atoms. The summed E-state index contributed by atoms with van der Waals surface area (Å²) in [5.74, 6) is 0.0686. The topological polar surface area (TPSA) is 71.2 Å². The maximum Gasteiger partial charge on any atom is 0.242 e. The number of hydrogen-bond donors (Lipinski definition) is 2. The molecular formula is C15H18N4O. The summed E-state index contributed by atoms with van der Waals surface area (Å²) in [6.45, 7) is 3.43. The molecule has 1 aliphatic heterocycles. The van der Waals surface area contributed by atoms with Crippen LogP contribution in [-0.4, -0.2) is 30.0 Å². The van der Waals surface area contributed by atoms with Crippen LogP contribution in [0.15, 0.2) is 30.5 Å². The summed E-state index contributed by atoms with van der Waals surface area (Å²) in [5, 5.41) is 3.91. The number of fused-ring (bicyclic) bond motifs is 1. The summed E-state index contributed by atoms with van der Waals surface area (Å²) in [6, 6.07) is 7.72. The average Bonchev–Trinajstić information content (AvgIpc) is 2.47. The molecule has 20 heavy (non-hydrogen) atoms. The zero-order valence-electron chi connectivity index (χ0n) is 11.5. The summed E-state index contributed by atoms with van der Waals surface area (Å²) in [4.78, 5) is 18.5. The van der Waals surface area contributed by atoms with Crippen molar-refractivity contribution in [3.8, 4) is 0 Å². The summed E-state index contributed by atoms with van der Waals surface area (Å²) in [5.41, 5.74) is 8.59. The van der Waals surface area contributed by atoms with Gasteiger partial charge in [0, 0.05) is 18.5 Å². The van der Waals surface area contributed by atoms with Gasteiger partial charge in [0.2, 0.25) is 5.91 Å². The largest absolute Gasteiger partial charge is 0.396 e. The van der Waals surface area contributed by atoms with Gasteiger partial charge in [-0.05, 0) is 12.5 Å². The smallest absolute Gasteiger partial charge is 0.242 e. The zero-order chi connectivity index (χ0) is 14.1. The van der Waals surface area contributed by atoms with Crippen molar-refractivity contribution >= 4 is 28.2 Å². The third-order valence-electron chi connectivity index (χ3n) is 3.78. The number of aromatic nitrogens is 1. The van der Waals surface area contributed by atoms with E-state index >= 15 is 0 Å². The van der Waals surface area contributed by atoms with Crippen LogP contribution in [0.5, 0.6) is 0 Å². The minimum absolute atomic E-state index is 0.0686. The molecule has 104 valence electrons. The minimum atomic E-state index is -0.170. The van der Waals surface area contributed by atoms with E-state index in [0.717, 1.165) is 29.6 Å². The van der Waals surface area contributed by atoms with Gasteiger partial charge < -0.3 is 16.0 Å². The van der Waals surface area contributed by atoms with Gasteiger partial charge in [0.15, 0.2) is 0 Å². The highest BCUT2D eigenvalue weighted by Crippen LogP contribution is 2.33. The van der Waals surface area contributed by atoms with Crippen molar-refractivity contribution in [1.82, 2.24) is 10.3 Å². The molecule has 0 saturated carbocycles. The van der Waals surface area contributed by atoms with Crippen LogP contribution in [0.3, 0.4) is 0 Å². The Hall–Kier alpha value is -2.30. The first kappa shape index (κ1) is 12.7. The quantitative estimate of drug-likeness (QED) is 0.868. The summed E-state index contributed by atoms with van der Waals surface area (Å²) in [7, 11) is 0. The number of nitrogens with one attached hydrogen (secondary N) is 1. The third kappa shape index (κ3) is 1.95. The van der Waals surface area contributed by atoms with Crippen molar-refractivity contribution in [1.29, 1.82) is 0 Å². The first-order valence-corrected chi connectivity index (χ1v) is 6.90. The fourth-order valence-electron chi connectivity index (χ4n) is 2.85. The number of nitrogens with zero attached hydrogens (tertiary/aromatic N) is 2. The summed E-state index contributed by atoms with van der Waals surface area (Å²) >= 11 is 0. The molecule has 1 aliphatic rings. The molecule has 3 N–H and O–H groups in total. The molecule has 2 heterocycles. The molecule has 2 aromatic rings. The van der Waals surface area contributed by atoms with Crippen molar-refractivity contribution in [2.45, 2.75) is 19.4 Å². The van der Waals surface area contributed by atoms with E-state index in [9.17, 15) is 4.79 Å². The Balaban J connectivity index is 2.17. The second-order valence-corrected chi connectivity index (χ2v) is 4.99. The molecule has 1 saturated heterocycles. The summed E-state index contributed by atoms with van der Waals surface area (Å²) < 4.78 is 0. The standard InChI is InChI=1S/C15H18N4O/c1-2-13-15(20)17-7-8-19(13)14-10-5-3-4-6-12(10)18-9-11(14)16/h3-6,9,13H,2,7-8,16H2,1H3,(H,17,20). The van der Waals surface area contributed by atoms with Crippen molar-refractivity contribution in [2.24, 2.45) is 0 Å². The molecule has 5 nitrogen and oxygen atoms in total. The Bertz CT molecular complexity index is 655. The maximum atomic E-state index is 12.0. The Morgan fingerprint density at radius 3 is 3.05 bits per heavy atom. The van der Waals surface area contributed by atoms with Crippen LogP contribution in [0.25, 0.3) is 10.9 Å². The molecule has 1 fully saturated rings. The molecule has 1 amide bonds. The predicted molar refractivity (Wildman–Crippen MR) is 80.6 cm³/mol. The lowest BCUT2D eigenvalue weighted by atomic mass is 10.1. The van der Waals surface area contributed by atoms with Gasteiger partial charge in [-0.2, -0.15) is 0 Å². The second kappa shape index (κ2) is 5.00. The average molecular weight is 270 g/mol. The Morgan fingerprint density at radius 1 is 1.45 bits per heavy atom. The highest BCUT2D eigenvalue weighted by Gasteiger charge is 2.30. The van der Waals surface area contributed by atoms with Gasteiger partial charge in [-0.25, -0.2) is 0 Å². The number of nitrogens with two attached hydrogens (primary N) is 1. The van der Waals surface area contributed by atoms with Gasteiger partial charge in [0.25, 0.3) is 0 Å². The monoisotopic (exact) mass is 270 g/mol. The highest BCUT2D eigenvalue weighted by atomic mass is 16.2. The van der Waals surface area contributed by atoms with Gasteiger partial charge in [-0.1, -0.05) is 25.1 Å². The maximum absolute atomic E-state index is 12.0. The molecule has 0 radical (unpaired) electrons. The summed E-state index contributed by atoms with van der Waals surface area (Å²) in [6.07, 6.45) is 2.43. The van der Waals surface area contributed by atoms with E-state index in [4.69, 9.17) is 5.73 Å². The Kier molecular flexibility index (Phi) is 3.18. The number of pyridine rings is 1. The normalized spacial score (nSPS) is 19.1. The molecule has 0 bridgehead atoms. The molecular weight excluding hydrogens is 252 g/mol. The van der Waals surface area contributed by atoms with E-state index < -0.39 is 0 Å². The molecule has 1 aromatic heterocycles. The van der Waals surface area contributed by atoms with Crippen LogP contribution in [-0.2, 0) is 4.79 Å². The van der Waals surface area contributed by atoms with Gasteiger partial charge in [-0.15, -0.1) is 0 Å². The molecule has 1 atom stereocenters. The first-order valence-electron chi connectivity index (χ1n) is 6.90. The lowest BCUT2D eigenvalue weighted by Gasteiger charge is -2.37. The minimum Gasteiger partial charge on any atom is -0.396 e. The number of benzene rings is 1. The number of nitrogen functional groups attached to an aromatic ring is 1. The van der Waals surface area contributed by atoms with Crippen LogP contribution in [0.4, 0.5) is 11.4 Å². The van der Waals surface area contributed by atoms with E-state index in [2.05, 4.69) is 15.2 Å². The number of rotatable bonds is 2. The highest BCUT2D eigenvalue weighted by molar-refractivity contribution is 6.00. The lowest BCUT2D eigenvalue weighted by Crippen LogP contribution is -2.55. The van der Waals surface area contributed by atoms with Gasteiger partial charge in [-0.3, -0.25) is 9.78 Å². The van der Waals surface area contributed by atoms with Crippen molar-refractivity contribution in [3.05, 3.63) is 30.5 Å². The number of anilines is 2. The zero-order valence-corrected chi connectivity index (χ0v) is 11.5. The lowest BCUT2D eigenvalue weighted by molar-refractivity contribution is -0.123. The number of piperazine rings is 1. The van der Waals surface area contributed by atoms with Crippen molar-refractivity contribution in [3.63, 3.8) is 0 Å². The number of carbonyl (C=O) groups is 1. The predicted octanol–water partition coefficient (Wildman–Crippen LogP) is 1.53. The molecule has 3 rings (SSSR count). The van der Waals surface area contributed by atoms with E-state index in [1.54, 1.807) is 6.20 Å². The van der Waals surface area contributed by atoms with Crippen LogP contribution < -0.4 is 16.0 Å². The second-order valence-electron chi connectivity index (χ2n) is 4.99. The van der Waals surface area contributed by atoms with Crippen molar-refractivity contribution < 1.29 is 4.79 Å².